The Morgan fingerprint density at radius 3 is 2.89 bits per heavy atom. The third kappa shape index (κ3) is 3.58. The van der Waals surface area contributed by atoms with E-state index in [1.807, 2.05) is 6.92 Å². The molecule has 2 rings (SSSR count). The maximum Gasteiger partial charge on any atom is 0.248 e. The monoisotopic (exact) mass is 249 g/mol. The standard InChI is InChI=1S/C12H19N5O/c1-3-13-12(16-10-6-4-5-7-10)14-8-11-15-9(2)17-18-11/h4-5,10H,3,6-8H2,1-2H3,(H2,13,14,16). The molecule has 1 aromatic rings. The van der Waals surface area contributed by atoms with Crippen LogP contribution in [-0.2, 0) is 6.54 Å². The minimum atomic E-state index is 0.399. The highest BCUT2D eigenvalue weighted by Crippen LogP contribution is 2.08. The van der Waals surface area contributed by atoms with Crippen LogP contribution in [0.3, 0.4) is 0 Å². The molecule has 0 saturated carbocycles. The second kappa shape index (κ2) is 6.18. The molecule has 0 atom stereocenters. The van der Waals surface area contributed by atoms with Crippen molar-refractivity contribution in [2.24, 2.45) is 4.99 Å². The largest absolute Gasteiger partial charge is 0.357 e. The lowest BCUT2D eigenvalue weighted by Gasteiger charge is -2.16. The SMILES string of the molecule is CCNC(=NCc1nc(C)no1)NC1CC=CC1. The highest BCUT2D eigenvalue weighted by atomic mass is 16.5. The van der Waals surface area contributed by atoms with Gasteiger partial charge in [0.15, 0.2) is 11.8 Å². The second-order valence-electron chi connectivity index (χ2n) is 4.21. The molecule has 0 bridgehead atoms. The summed E-state index contributed by atoms with van der Waals surface area (Å²) in [5, 5.41) is 10.3. The minimum absolute atomic E-state index is 0.399. The number of nitrogens with zero attached hydrogens (tertiary/aromatic N) is 3. The normalized spacial score (nSPS) is 16.2. The average molecular weight is 249 g/mol. The molecule has 0 radical (unpaired) electrons. The lowest BCUT2D eigenvalue weighted by Crippen LogP contribution is -2.42. The van der Waals surface area contributed by atoms with Crippen molar-refractivity contribution in [3.63, 3.8) is 0 Å². The van der Waals surface area contributed by atoms with Gasteiger partial charge < -0.3 is 15.2 Å². The van der Waals surface area contributed by atoms with E-state index < -0.39 is 0 Å². The van der Waals surface area contributed by atoms with Crippen LogP contribution >= 0.6 is 0 Å². The quantitative estimate of drug-likeness (QED) is 0.475. The summed E-state index contributed by atoms with van der Waals surface area (Å²) < 4.78 is 5.03. The van der Waals surface area contributed by atoms with Crippen LogP contribution in [0.2, 0.25) is 0 Å². The number of nitrogens with one attached hydrogen (secondary N) is 2. The zero-order chi connectivity index (χ0) is 12.8. The lowest BCUT2D eigenvalue weighted by atomic mass is 10.2. The van der Waals surface area contributed by atoms with Gasteiger partial charge in [0.05, 0.1) is 0 Å². The van der Waals surface area contributed by atoms with Crippen LogP contribution in [0.25, 0.3) is 0 Å². The number of aromatic nitrogens is 2. The van der Waals surface area contributed by atoms with Crippen molar-refractivity contribution >= 4 is 5.96 Å². The van der Waals surface area contributed by atoms with Gasteiger partial charge in [-0.1, -0.05) is 17.3 Å². The Labute approximate surface area is 107 Å². The van der Waals surface area contributed by atoms with E-state index in [-0.39, 0.29) is 0 Å². The van der Waals surface area contributed by atoms with E-state index in [1.165, 1.54) is 0 Å². The van der Waals surface area contributed by atoms with E-state index in [4.69, 9.17) is 4.52 Å². The highest BCUT2D eigenvalue weighted by Gasteiger charge is 2.11. The van der Waals surface area contributed by atoms with Crippen molar-refractivity contribution < 1.29 is 4.52 Å². The predicted octanol–water partition coefficient (Wildman–Crippen LogP) is 1.15. The molecule has 0 fully saturated rings. The topological polar surface area (TPSA) is 75.3 Å². The Balaban J connectivity index is 1.91. The first-order valence-corrected chi connectivity index (χ1v) is 6.27. The summed E-state index contributed by atoms with van der Waals surface area (Å²) >= 11 is 0. The van der Waals surface area contributed by atoms with E-state index in [0.717, 1.165) is 25.3 Å². The highest BCUT2D eigenvalue weighted by molar-refractivity contribution is 5.80. The Morgan fingerprint density at radius 2 is 2.28 bits per heavy atom. The maximum absolute atomic E-state index is 5.03. The van der Waals surface area contributed by atoms with Gasteiger partial charge in [0.25, 0.3) is 0 Å². The molecule has 98 valence electrons. The fourth-order valence-electron chi connectivity index (χ4n) is 1.80. The first-order chi connectivity index (χ1) is 8.78. The van der Waals surface area contributed by atoms with Crippen molar-refractivity contribution in [2.45, 2.75) is 39.3 Å². The molecule has 0 amide bonds. The smallest absolute Gasteiger partial charge is 0.248 e. The van der Waals surface area contributed by atoms with Crippen LogP contribution in [0.4, 0.5) is 0 Å². The molecule has 1 heterocycles. The average Bonchev–Trinajstić information content (AvgIpc) is 2.98. The molecule has 0 aromatic carbocycles. The zero-order valence-electron chi connectivity index (χ0n) is 10.8. The summed E-state index contributed by atoms with van der Waals surface area (Å²) in [4.78, 5) is 8.55. The molecule has 1 aromatic heterocycles. The van der Waals surface area contributed by atoms with Crippen molar-refractivity contribution in [3.05, 3.63) is 23.9 Å². The summed E-state index contributed by atoms with van der Waals surface area (Å²) in [6.07, 6.45) is 6.46. The van der Waals surface area contributed by atoms with Crippen molar-refractivity contribution in [3.8, 4) is 0 Å². The van der Waals surface area contributed by atoms with Crippen molar-refractivity contribution in [1.29, 1.82) is 0 Å². The summed E-state index contributed by atoms with van der Waals surface area (Å²) in [6, 6.07) is 0.437. The van der Waals surface area contributed by atoms with Crippen molar-refractivity contribution in [1.82, 2.24) is 20.8 Å². The van der Waals surface area contributed by atoms with Gasteiger partial charge in [0, 0.05) is 12.6 Å². The van der Waals surface area contributed by atoms with Gasteiger partial charge in [-0.2, -0.15) is 4.98 Å². The Hall–Kier alpha value is -1.85. The molecule has 6 nitrogen and oxygen atoms in total. The number of aliphatic imine (C=N–C) groups is 1. The fourth-order valence-corrected chi connectivity index (χ4v) is 1.80. The van der Waals surface area contributed by atoms with E-state index in [2.05, 4.69) is 37.9 Å². The van der Waals surface area contributed by atoms with Gasteiger partial charge in [0.1, 0.15) is 6.54 Å². The molecular formula is C12H19N5O. The van der Waals surface area contributed by atoms with Gasteiger partial charge in [-0.05, 0) is 26.7 Å². The van der Waals surface area contributed by atoms with Crippen LogP contribution in [0.5, 0.6) is 0 Å². The van der Waals surface area contributed by atoms with E-state index in [9.17, 15) is 0 Å². The summed E-state index contributed by atoms with van der Waals surface area (Å²) in [5.41, 5.74) is 0. The predicted molar refractivity (Wildman–Crippen MR) is 69.1 cm³/mol. The van der Waals surface area contributed by atoms with Gasteiger partial charge >= 0.3 is 0 Å². The molecule has 1 aliphatic rings. The number of guanidine groups is 1. The van der Waals surface area contributed by atoms with E-state index >= 15 is 0 Å². The van der Waals surface area contributed by atoms with Crippen LogP contribution in [0.15, 0.2) is 21.7 Å². The van der Waals surface area contributed by atoms with Crippen LogP contribution in [0, 0.1) is 6.92 Å². The minimum Gasteiger partial charge on any atom is -0.357 e. The second-order valence-corrected chi connectivity index (χ2v) is 4.21. The third-order valence-corrected chi connectivity index (χ3v) is 2.63. The third-order valence-electron chi connectivity index (χ3n) is 2.63. The number of hydrogen-bond acceptors (Lipinski definition) is 4. The molecule has 0 unspecified atom stereocenters. The van der Waals surface area contributed by atoms with Crippen LogP contribution < -0.4 is 10.6 Å². The summed E-state index contributed by atoms with van der Waals surface area (Å²) in [5.74, 6) is 1.97. The van der Waals surface area contributed by atoms with Gasteiger partial charge in [-0.3, -0.25) is 0 Å². The zero-order valence-corrected chi connectivity index (χ0v) is 10.8. The van der Waals surface area contributed by atoms with Gasteiger partial charge in [-0.15, -0.1) is 0 Å². The Kier molecular flexibility index (Phi) is 4.33. The number of hydrogen-bond donors (Lipinski definition) is 2. The van der Waals surface area contributed by atoms with E-state index in [0.29, 0.717) is 24.3 Å². The lowest BCUT2D eigenvalue weighted by molar-refractivity contribution is 0.376. The van der Waals surface area contributed by atoms with Crippen molar-refractivity contribution in [2.75, 3.05) is 6.54 Å². The molecule has 0 aliphatic heterocycles. The van der Waals surface area contributed by atoms with Gasteiger partial charge in [0.2, 0.25) is 5.89 Å². The number of rotatable bonds is 4. The molecule has 18 heavy (non-hydrogen) atoms. The molecular weight excluding hydrogens is 230 g/mol. The Morgan fingerprint density at radius 1 is 1.50 bits per heavy atom. The number of aryl methyl sites for hydroxylation is 1. The van der Waals surface area contributed by atoms with Crippen LogP contribution in [0.1, 0.15) is 31.5 Å². The molecule has 2 N–H and O–H groups in total. The van der Waals surface area contributed by atoms with Gasteiger partial charge in [-0.25, -0.2) is 4.99 Å². The molecule has 0 saturated heterocycles. The van der Waals surface area contributed by atoms with E-state index in [1.54, 1.807) is 6.92 Å². The maximum atomic E-state index is 5.03. The summed E-state index contributed by atoms with van der Waals surface area (Å²) in [7, 11) is 0. The Bertz CT molecular complexity index is 429. The first kappa shape index (κ1) is 12.6. The molecule has 6 heteroatoms. The van der Waals surface area contributed by atoms with Crippen LogP contribution in [-0.4, -0.2) is 28.7 Å². The summed E-state index contributed by atoms with van der Waals surface area (Å²) in [6.45, 7) is 5.07. The fraction of sp³-hybridized carbons (Fsp3) is 0.583. The molecule has 0 spiro atoms. The molecule has 1 aliphatic carbocycles. The first-order valence-electron chi connectivity index (χ1n) is 6.27.